The number of aliphatic carboxylic acids is 1. The van der Waals surface area contributed by atoms with E-state index in [1.165, 1.54) is 9.87 Å². The lowest BCUT2D eigenvalue weighted by Gasteiger charge is -2.35. The molecular formula is C27H29NO5S. The van der Waals surface area contributed by atoms with Crippen LogP contribution in [0.5, 0.6) is 5.75 Å². The fourth-order valence-electron chi connectivity index (χ4n) is 4.57. The predicted molar refractivity (Wildman–Crippen MR) is 134 cm³/mol. The number of fused-ring (bicyclic) bond motifs is 1. The molecule has 0 bridgehead atoms. The van der Waals surface area contributed by atoms with E-state index in [1.807, 2.05) is 30.3 Å². The van der Waals surface area contributed by atoms with Crippen molar-refractivity contribution in [3.8, 4) is 16.9 Å². The number of carboxylic acid groups (broad SMARTS) is 1. The molecule has 4 rings (SSSR count). The van der Waals surface area contributed by atoms with E-state index in [9.17, 15) is 13.6 Å². The molecule has 2 unspecified atom stereocenters. The topological polar surface area (TPSA) is 87.1 Å². The molecule has 0 aromatic heterocycles. The summed E-state index contributed by atoms with van der Waals surface area (Å²) >= 11 is -2.24. The van der Waals surface area contributed by atoms with Crippen LogP contribution in [-0.4, -0.2) is 26.4 Å². The van der Waals surface area contributed by atoms with Crippen molar-refractivity contribution in [3.63, 3.8) is 0 Å². The minimum Gasteiger partial charge on any atom is -0.482 e. The average molecular weight is 480 g/mol. The standard InChI is InChI=1S/C27H29NO5S/c1-18(2)20-6-3-7-21(16-20)19-12-14-22(15-13-19)28(34(31)32)25-10-4-9-24-23(25)8-5-11-26(24)33-17-27(29)30/h3,5-8,11-16,18,25H,4,9-10,17H2,1-2H3,(H,29,30)(H,31,32). The van der Waals surface area contributed by atoms with E-state index in [0.29, 0.717) is 23.8 Å². The zero-order chi connectivity index (χ0) is 24.2. The van der Waals surface area contributed by atoms with Crippen LogP contribution in [0.15, 0.2) is 66.7 Å². The van der Waals surface area contributed by atoms with E-state index in [1.54, 1.807) is 12.1 Å². The van der Waals surface area contributed by atoms with Crippen molar-refractivity contribution < 1.29 is 23.4 Å². The number of ether oxygens (including phenoxy) is 1. The number of carbonyl (C=O) groups is 1. The molecule has 3 aromatic carbocycles. The zero-order valence-electron chi connectivity index (χ0n) is 19.3. The third-order valence-corrected chi connectivity index (χ3v) is 7.05. The molecule has 3 aromatic rings. The second kappa shape index (κ2) is 10.4. The molecule has 0 aliphatic heterocycles. The number of benzene rings is 3. The fraction of sp³-hybridized carbons (Fsp3) is 0.296. The SMILES string of the molecule is CC(C)c1cccc(-c2ccc(N(C3CCCc4c(OCC(=O)O)cccc43)S(=O)O)cc2)c1. The fourth-order valence-corrected chi connectivity index (χ4v) is 5.30. The average Bonchev–Trinajstić information content (AvgIpc) is 2.83. The quantitative estimate of drug-likeness (QED) is 0.389. The van der Waals surface area contributed by atoms with E-state index in [2.05, 4.69) is 38.1 Å². The third-order valence-electron chi connectivity index (χ3n) is 6.24. The van der Waals surface area contributed by atoms with Gasteiger partial charge in [0.05, 0.1) is 11.7 Å². The largest absolute Gasteiger partial charge is 0.482 e. The molecule has 0 radical (unpaired) electrons. The molecule has 0 spiro atoms. The van der Waals surface area contributed by atoms with Gasteiger partial charge in [-0.3, -0.25) is 8.86 Å². The summed E-state index contributed by atoms with van der Waals surface area (Å²) in [7, 11) is 0. The van der Waals surface area contributed by atoms with Crippen molar-refractivity contribution in [2.24, 2.45) is 0 Å². The lowest BCUT2D eigenvalue weighted by molar-refractivity contribution is -0.139. The second-order valence-electron chi connectivity index (χ2n) is 8.80. The van der Waals surface area contributed by atoms with Crippen molar-refractivity contribution in [2.75, 3.05) is 10.9 Å². The number of hydrogen-bond acceptors (Lipinski definition) is 3. The van der Waals surface area contributed by atoms with Gasteiger partial charge in [0, 0.05) is 0 Å². The molecule has 1 aliphatic rings. The third kappa shape index (κ3) is 5.16. The van der Waals surface area contributed by atoms with Gasteiger partial charge in [-0.15, -0.1) is 0 Å². The summed E-state index contributed by atoms with van der Waals surface area (Å²) in [5.74, 6) is -0.0852. The lowest BCUT2D eigenvalue weighted by Crippen LogP contribution is -2.33. The van der Waals surface area contributed by atoms with Gasteiger partial charge in [0.25, 0.3) is 11.3 Å². The normalized spacial score (nSPS) is 16.1. The minimum absolute atomic E-state index is 0.321. The summed E-state index contributed by atoms with van der Waals surface area (Å²) in [4.78, 5) is 11.0. The Morgan fingerprint density at radius 1 is 1.09 bits per heavy atom. The monoisotopic (exact) mass is 479 g/mol. The Hall–Kier alpha value is -3.16. The maximum Gasteiger partial charge on any atom is 0.341 e. The van der Waals surface area contributed by atoms with E-state index < -0.39 is 23.8 Å². The number of anilines is 1. The smallest absolute Gasteiger partial charge is 0.341 e. The highest BCUT2D eigenvalue weighted by molar-refractivity contribution is 7.80. The molecule has 0 fully saturated rings. The molecule has 7 heteroatoms. The van der Waals surface area contributed by atoms with Crippen LogP contribution in [0, 0.1) is 0 Å². The Morgan fingerprint density at radius 2 is 1.82 bits per heavy atom. The van der Waals surface area contributed by atoms with Crippen molar-refractivity contribution in [3.05, 3.63) is 83.4 Å². The highest BCUT2D eigenvalue weighted by Gasteiger charge is 2.31. The first-order valence-electron chi connectivity index (χ1n) is 11.4. The van der Waals surface area contributed by atoms with Crippen LogP contribution in [0.25, 0.3) is 11.1 Å². The minimum atomic E-state index is -2.24. The Bertz CT molecular complexity index is 1190. The molecule has 2 N–H and O–H groups in total. The second-order valence-corrected chi connectivity index (χ2v) is 9.65. The van der Waals surface area contributed by atoms with Gasteiger partial charge in [-0.2, -0.15) is 0 Å². The Kier molecular flexibility index (Phi) is 7.34. The molecule has 178 valence electrons. The maximum absolute atomic E-state index is 12.5. The van der Waals surface area contributed by atoms with E-state index in [-0.39, 0.29) is 6.04 Å². The Labute approximate surface area is 202 Å². The van der Waals surface area contributed by atoms with Crippen LogP contribution in [-0.2, 0) is 22.5 Å². The maximum atomic E-state index is 12.5. The Balaban J connectivity index is 1.65. The molecule has 0 saturated carbocycles. The van der Waals surface area contributed by atoms with Crippen LogP contribution in [0.1, 0.15) is 55.3 Å². The lowest BCUT2D eigenvalue weighted by atomic mass is 9.87. The number of carboxylic acids is 1. The van der Waals surface area contributed by atoms with Gasteiger partial charge in [-0.25, -0.2) is 9.00 Å². The van der Waals surface area contributed by atoms with Crippen molar-refractivity contribution >= 4 is 22.9 Å². The molecule has 2 atom stereocenters. The summed E-state index contributed by atoms with van der Waals surface area (Å²) in [6.45, 7) is 3.91. The predicted octanol–water partition coefficient (Wildman–Crippen LogP) is 5.96. The molecule has 0 saturated heterocycles. The molecule has 0 heterocycles. The molecular weight excluding hydrogens is 450 g/mol. The molecule has 1 aliphatic carbocycles. The van der Waals surface area contributed by atoms with Gasteiger partial charge in [0.2, 0.25) is 0 Å². The Morgan fingerprint density at radius 3 is 2.50 bits per heavy atom. The molecule has 34 heavy (non-hydrogen) atoms. The van der Waals surface area contributed by atoms with Crippen LogP contribution < -0.4 is 9.04 Å². The van der Waals surface area contributed by atoms with Gasteiger partial charge in [0.1, 0.15) is 5.75 Å². The van der Waals surface area contributed by atoms with E-state index in [4.69, 9.17) is 9.84 Å². The summed E-state index contributed by atoms with van der Waals surface area (Å²) in [5.41, 5.74) is 5.86. The number of hydrogen-bond donors (Lipinski definition) is 2. The van der Waals surface area contributed by atoms with Crippen LogP contribution in [0.3, 0.4) is 0 Å². The first-order chi connectivity index (χ1) is 16.3. The number of rotatable bonds is 8. The van der Waals surface area contributed by atoms with E-state index >= 15 is 0 Å². The summed E-state index contributed by atoms with van der Waals surface area (Å²) in [6.07, 6.45) is 2.25. The first kappa shape index (κ1) is 24.0. The van der Waals surface area contributed by atoms with Crippen molar-refractivity contribution in [1.29, 1.82) is 0 Å². The van der Waals surface area contributed by atoms with Crippen molar-refractivity contribution in [1.82, 2.24) is 0 Å². The van der Waals surface area contributed by atoms with Crippen LogP contribution >= 0.6 is 0 Å². The summed E-state index contributed by atoms with van der Waals surface area (Å²) < 4.78 is 29.8. The zero-order valence-corrected chi connectivity index (χ0v) is 20.1. The van der Waals surface area contributed by atoms with E-state index in [0.717, 1.165) is 35.1 Å². The summed E-state index contributed by atoms with van der Waals surface area (Å²) in [6, 6.07) is 21.3. The first-order valence-corrected chi connectivity index (χ1v) is 12.5. The van der Waals surface area contributed by atoms with Gasteiger partial charge in [-0.05, 0) is 71.2 Å². The van der Waals surface area contributed by atoms with Gasteiger partial charge in [-0.1, -0.05) is 62.4 Å². The summed E-state index contributed by atoms with van der Waals surface area (Å²) in [5, 5.41) is 8.98. The van der Waals surface area contributed by atoms with Crippen molar-refractivity contribution in [2.45, 2.75) is 45.1 Å². The number of nitrogens with zero attached hydrogens (tertiary/aromatic N) is 1. The molecule has 6 nitrogen and oxygen atoms in total. The van der Waals surface area contributed by atoms with Gasteiger partial charge < -0.3 is 9.84 Å². The van der Waals surface area contributed by atoms with Gasteiger partial charge in [0.15, 0.2) is 6.61 Å². The van der Waals surface area contributed by atoms with Crippen LogP contribution in [0.2, 0.25) is 0 Å². The highest BCUT2D eigenvalue weighted by Crippen LogP contribution is 2.41. The molecule has 0 amide bonds. The van der Waals surface area contributed by atoms with Gasteiger partial charge >= 0.3 is 5.97 Å². The highest BCUT2D eigenvalue weighted by atomic mass is 32.2. The van der Waals surface area contributed by atoms with Crippen LogP contribution in [0.4, 0.5) is 5.69 Å².